The Morgan fingerprint density at radius 3 is 1.38 bits per heavy atom. The number of pyridine rings is 1. The number of hydrogen-bond acceptors (Lipinski definition) is 19. The van der Waals surface area contributed by atoms with Crippen molar-refractivity contribution < 1.29 is 85.2 Å². The summed E-state index contributed by atoms with van der Waals surface area (Å²) in [5.74, 6) is -6.54. The van der Waals surface area contributed by atoms with Crippen LogP contribution in [-0.4, -0.2) is 72.3 Å². The van der Waals surface area contributed by atoms with E-state index in [0.29, 0.717) is 45.5 Å². The molecule has 0 aliphatic rings. The average molecular weight is 1160 g/mol. The molecule has 0 saturated heterocycles. The second kappa shape index (κ2) is 27.4. The maximum Gasteiger partial charge on any atom is 0.471 e. The first kappa shape index (κ1) is 61.4. The van der Waals surface area contributed by atoms with Gasteiger partial charge in [0.25, 0.3) is 0 Å². The van der Waals surface area contributed by atoms with Crippen molar-refractivity contribution in [1.82, 2.24) is 65.2 Å². The van der Waals surface area contributed by atoms with Crippen molar-refractivity contribution >= 4 is 5.65 Å². The Labute approximate surface area is 454 Å². The number of aryl methyl sites for hydroxylation is 1. The Morgan fingerprint density at radius 2 is 0.963 bits per heavy atom. The third-order valence-corrected chi connectivity index (χ3v) is 9.85. The number of benzene rings is 3. The van der Waals surface area contributed by atoms with Gasteiger partial charge in [0.15, 0.2) is 5.65 Å². The largest absolute Gasteiger partial charge is 0.495 e. The van der Waals surface area contributed by atoms with Gasteiger partial charge < -0.3 is 32.5 Å². The fraction of sp³-hybridized carbons (Fsp3) is 0.240. The summed E-state index contributed by atoms with van der Waals surface area (Å²) in [6.07, 6.45) is -8.45. The van der Waals surface area contributed by atoms with Gasteiger partial charge >= 0.3 is 36.2 Å². The SMILES string of the molecule is CC.CC.COc1cnnc(OCc2ccc(-c3noc(C(F)(F)F)n3)c(F)c2)c1.Cc1nccc(OCc2ccc(-c3noc(C(F)(F)F)n3)c(F)c2)n1.Fc1cc(COc2ccc3ncnn3c2)ccc1-c1noc(C(F)(F)F)n1. The monoisotopic (exact) mass is 1160 g/mol. The zero-order valence-electron chi connectivity index (χ0n) is 43.1. The number of halogens is 12. The van der Waals surface area contributed by atoms with Gasteiger partial charge in [-0.1, -0.05) is 61.4 Å². The standard InChI is InChI=1S/C16H9F4N5O2.C15H10F4N4O3.C15H10F4N4O2.2C2H6/c17-12-5-9(7-26-10-2-4-13-21-8-22-25(13)6-10)1-3-11(12)14-23-15(27-24-14)16(18,19)20;1-24-9-5-12(22-20-6-9)25-7-8-2-3-10(11(16)4-8)13-21-14(26-23-13)15(17,18)19;1-8-20-5-4-12(21-8)24-7-9-2-3-10(11(16)6-9)13-22-14(25-23-13)15(17,18)19;2*1-2/h1-6,8H,7H2;2-6H,7H2,1H3;2-6H,7H2,1H3;2*1-2H3. The molecular formula is C50H41F12N13O7. The fourth-order valence-electron chi connectivity index (χ4n) is 6.23. The van der Waals surface area contributed by atoms with Gasteiger partial charge in [0.1, 0.15) is 60.9 Å². The van der Waals surface area contributed by atoms with Crippen LogP contribution in [0.25, 0.3) is 39.8 Å². The smallest absolute Gasteiger partial charge is 0.471 e. The highest BCUT2D eigenvalue weighted by Gasteiger charge is 2.40. The predicted molar refractivity (Wildman–Crippen MR) is 258 cm³/mol. The van der Waals surface area contributed by atoms with E-state index in [1.807, 2.05) is 27.7 Å². The van der Waals surface area contributed by atoms with Crippen molar-refractivity contribution in [1.29, 1.82) is 0 Å². The summed E-state index contributed by atoms with van der Waals surface area (Å²) >= 11 is 0. The minimum absolute atomic E-state index is 0.0215. The second-order valence-electron chi connectivity index (χ2n) is 15.4. The molecule has 7 aromatic heterocycles. The summed E-state index contributed by atoms with van der Waals surface area (Å²) < 4.78 is 190. The number of hydrogen-bond donors (Lipinski definition) is 0. The number of alkyl halides is 9. The molecule has 3 aromatic carbocycles. The van der Waals surface area contributed by atoms with E-state index in [4.69, 9.17) is 18.9 Å². The Hall–Kier alpha value is -9.78. The molecule has 20 nitrogen and oxygen atoms in total. The lowest BCUT2D eigenvalue weighted by molar-refractivity contribution is -0.160. The van der Waals surface area contributed by atoms with Crippen LogP contribution in [0.1, 0.15) is 67.9 Å². The third-order valence-electron chi connectivity index (χ3n) is 9.85. The molecule has 32 heteroatoms. The first-order valence-corrected chi connectivity index (χ1v) is 23.5. The summed E-state index contributed by atoms with van der Waals surface area (Å²) in [5.41, 5.74) is 1.34. The average Bonchev–Trinajstić information content (AvgIpc) is 4.35. The molecule has 0 aliphatic heterocycles. The lowest BCUT2D eigenvalue weighted by Gasteiger charge is -2.07. The van der Waals surface area contributed by atoms with E-state index in [1.165, 1.54) is 72.8 Å². The van der Waals surface area contributed by atoms with Crippen molar-refractivity contribution in [2.45, 2.75) is 73.0 Å². The summed E-state index contributed by atoms with van der Waals surface area (Å²) in [4.78, 5) is 21.4. The number of methoxy groups -OCH3 is 1. The van der Waals surface area contributed by atoms with Gasteiger partial charge in [-0.25, -0.2) is 27.7 Å². The van der Waals surface area contributed by atoms with Crippen molar-refractivity contribution in [2.24, 2.45) is 0 Å². The van der Waals surface area contributed by atoms with Crippen LogP contribution in [0, 0.1) is 24.4 Å². The Kier molecular flexibility index (Phi) is 20.5. The van der Waals surface area contributed by atoms with E-state index in [9.17, 15) is 52.7 Å². The zero-order valence-corrected chi connectivity index (χ0v) is 43.1. The molecule has 0 spiro atoms. The number of nitrogens with zero attached hydrogens (tertiary/aromatic N) is 13. The maximum atomic E-state index is 14.3. The molecule has 432 valence electrons. The van der Waals surface area contributed by atoms with Gasteiger partial charge in [-0.05, 0) is 72.1 Å². The van der Waals surface area contributed by atoms with Crippen molar-refractivity contribution in [3.05, 3.63) is 161 Å². The Morgan fingerprint density at radius 1 is 0.512 bits per heavy atom. The highest BCUT2D eigenvalue weighted by atomic mass is 19.4. The normalized spacial score (nSPS) is 11.2. The molecule has 10 aromatic rings. The molecule has 0 amide bonds. The lowest BCUT2D eigenvalue weighted by atomic mass is 10.1. The minimum Gasteiger partial charge on any atom is -0.495 e. The van der Waals surface area contributed by atoms with Gasteiger partial charge in [0.05, 0.1) is 36.2 Å². The van der Waals surface area contributed by atoms with Gasteiger partial charge in [-0.3, -0.25) is 0 Å². The van der Waals surface area contributed by atoms with Gasteiger partial charge in [-0.15, -0.1) is 5.10 Å². The number of ether oxygens (including phenoxy) is 4. The van der Waals surface area contributed by atoms with Crippen molar-refractivity contribution in [3.63, 3.8) is 0 Å². The number of aromatic nitrogens is 13. The fourth-order valence-corrected chi connectivity index (χ4v) is 6.23. The predicted octanol–water partition coefficient (Wildman–Crippen LogP) is 12.4. The van der Waals surface area contributed by atoms with Gasteiger partial charge in [0.2, 0.25) is 29.2 Å². The van der Waals surface area contributed by atoms with E-state index in [0.717, 1.165) is 18.2 Å². The highest BCUT2D eigenvalue weighted by Crippen LogP contribution is 2.33. The number of rotatable bonds is 13. The summed E-state index contributed by atoms with van der Waals surface area (Å²) in [7, 11) is 1.46. The first-order valence-electron chi connectivity index (χ1n) is 23.5. The van der Waals surface area contributed by atoms with Crippen LogP contribution >= 0.6 is 0 Å². The second-order valence-corrected chi connectivity index (χ2v) is 15.4. The lowest BCUT2D eigenvalue weighted by Crippen LogP contribution is -2.05. The van der Waals surface area contributed by atoms with Crippen LogP contribution in [0.4, 0.5) is 52.7 Å². The van der Waals surface area contributed by atoms with Crippen LogP contribution in [0.3, 0.4) is 0 Å². The molecule has 0 radical (unpaired) electrons. The minimum atomic E-state index is -4.80. The maximum absolute atomic E-state index is 14.3. The van der Waals surface area contributed by atoms with Crippen molar-refractivity contribution in [2.75, 3.05) is 7.11 Å². The van der Waals surface area contributed by atoms with Crippen LogP contribution in [-0.2, 0) is 38.3 Å². The van der Waals surface area contributed by atoms with E-state index in [2.05, 4.69) is 74.2 Å². The molecule has 7 heterocycles. The van der Waals surface area contributed by atoms with E-state index in [-0.39, 0.29) is 42.4 Å². The molecule has 0 fully saturated rings. The summed E-state index contributed by atoms with van der Waals surface area (Å²) in [6, 6.07) is 18.0. The molecule has 0 aliphatic carbocycles. The zero-order chi connectivity index (χ0) is 59.8. The van der Waals surface area contributed by atoms with Gasteiger partial charge in [-0.2, -0.15) is 69.6 Å². The van der Waals surface area contributed by atoms with Crippen LogP contribution in [0.5, 0.6) is 23.3 Å². The van der Waals surface area contributed by atoms with Crippen molar-refractivity contribution in [3.8, 4) is 57.4 Å². The summed E-state index contributed by atoms with van der Waals surface area (Å²) in [6.45, 7) is 9.71. The Balaban J connectivity index is 0.000000192. The molecule has 0 bridgehead atoms. The topological polar surface area (TPSA) is 235 Å². The van der Waals surface area contributed by atoms with Crippen LogP contribution in [0.2, 0.25) is 0 Å². The number of fused-ring (bicyclic) bond motifs is 1. The van der Waals surface area contributed by atoms with E-state index in [1.54, 1.807) is 31.3 Å². The highest BCUT2D eigenvalue weighted by molar-refractivity contribution is 5.57. The molecular weight excluding hydrogens is 1120 g/mol. The van der Waals surface area contributed by atoms with E-state index < -0.39 is 71.1 Å². The molecule has 0 saturated carbocycles. The van der Waals surface area contributed by atoms with Gasteiger partial charge in [0, 0.05) is 18.3 Å². The van der Waals surface area contributed by atoms with E-state index >= 15 is 0 Å². The molecule has 0 atom stereocenters. The Bertz CT molecular complexity index is 3660. The first-order chi connectivity index (χ1) is 39.1. The third kappa shape index (κ3) is 16.6. The van der Waals surface area contributed by atoms with Crippen LogP contribution < -0.4 is 18.9 Å². The van der Waals surface area contributed by atoms with Crippen LogP contribution in [0.15, 0.2) is 117 Å². The quantitative estimate of drug-likeness (QED) is 0.0976. The summed E-state index contributed by atoms with van der Waals surface area (Å²) in [5, 5.41) is 20.8. The molecule has 0 unspecified atom stereocenters. The molecule has 82 heavy (non-hydrogen) atoms. The molecule has 0 N–H and O–H groups in total. The molecule has 10 rings (SSSR count).